The fourth-order valence-electron chi connectivity index (χ4n) is 2.70. The van der Waals surface area contributed by atoms with E-state index >= 15 is 0 Å². The number of halogens is 1. The third-order valence-electron chi connectivity index (χ3n) is 3.91. The van der Waals surface area contributed by atoms with Gasteiger partial charge in [-0.1, -0.05) is 23.7 Å². The number of rotatable bonds is 6. The SMILES string of the molecule is Cc1cc(NCCC[NH+](C)C)n2ncc(-c3ccc(Cl)cc3)c2n1. The standard InChI is InChI=1S/C18H22ClN5/c1-13-11-17(20-9-4-10-23(2)3)24-18(22-13)16(12-21-24)14-5-7-15(19)8-6-14/h5-8,11-12,20H,4,9-10H2,1-3H3/p+1. The summed E-state index contributed by atoms with van der Waals surface area (Å²) >= 11 is 5.99. The number of fused-ring (bicyclic) bond motifs is 1. The van der Waals surface area contributed by atoms with E-state index in [0.717, 1.165) is 52.8 Å². The molecule has 2 N–H and O–H groups in total. The van der Waals surface area contributed by atoms with Gasteiger partial charge in [0.25, 0.3) is 0 Å². The number of aromatic nitrogens is 3. The number of benzene rings is 1. The van der Waals surface area contributed by atoms with Crippen LogP contribution in [0.2, 0.25) is 5.02 Å². The highest BCUT2D eigenvalue weighted by molar-refractivity contribution is 6.30. The Labute approximate surface area is 147 Å². The van der Waals surface area contributed by atoms with Gasteiger partial charge in [-0.15, -0.1) is 0 Å². The molecule has 0 fully saturated rings. The fraction of sp³-hybridized carbons (Fsp3) is 0.333. The lowest BCUT2D eigenvalue weighted by molar-refractivity contribution is -0.858. The summed E-state index contributed by atoms with van der Waals surface area (Å²) in [6.45, 7) is 4.06. The largest absolute Gasteiger partial charge is 0.370 e. The van der Waals surface area contributed by atoms with Crippen LogP contribution in [0.4, 0.5) is 5.82 Å². The molecule has 0 saturated carbocycles. The average Bonchev–Trinajstić information content (AvgIpc) is 2.95. The van der Waals surface area contributed by atoms with E-state index in [0.29, 0.717) is 0 Å². The van der Waals surface area contributed by atoms with E-state index in [1.807, 2.05) is 48.0 Å². The summed E-state index contributed by atoms with van der Waals surface area (Å²) in [6, 6.07) is 9.80. The summed E-state index contributed by atoms with van der Waals surface area (Å²) < 4.78 is 1.87. The monoisotopic (exact) mass is 344 g/mol. The summed E-state index contributed by atoms with van der Waals surface area (Å²) in [5.74, 6) is 0.978. The van der Waals surface area contributed by atoms with Crippen molar-refractivity contribution in [2.24, 2.45) is 0 Å². The molecule has 3 aromatic rings. The van der Waals surface area contributed by atoms with Gasteiger partial charge in [-0.3, -0.25) is 0 Å². The first-order valence-corrected chi connectivity index (χ1v) is 8.56. The Morgan fingerprint density at radius 3 is 2.67 bits per heavy atom. The van der Waals surface area contributed by atoms with E-state index in [1.54, 1.807) is 0 Å². The first-order valence-electron chi connectivity index (χ1n) is 8.19. The van der Waals surface area contributed by atoms with Gasteiger partial charge < -0.3 is 10.2 Å². The maximum absolute atomic E-state index is 5.99. The zero-order valence-corrected chi connectivity index (χ0v) is 15.1. The zero-order valence-electron chi connectivity index (χ0n) is 14.3. The zero-order chi connectivity index (χ0) is 17.1. The molecule has 1 aromatic carbocycles. The Bertz CT molecular complexity index is 823. The lowest BCUT2D eigenvalue weighted by Gasteiger charge is -2.11. The molecule has 5 nitrogen and oxygen atoms in total. The predicted octanol–water partition coefficient (Wildman–Crippen LogP) is 2.30. The number of hydrogen-bond donors (Lipinski definition) is 2. The molecule has 0 aliphatic rings. The molecule has 2 heterocycles. The van der Waals surface area contributed by atoms with Crippen molar-refractivity contribution in [3.8, 4) is 11.1 Å². The number of nitrogens with zero attached hydrogens (tertiary/aromatic N) is 3. The molecule has 0 spiro atoms. The molecular weight excluding hydrogens is 322 g/mol. The molecule has 0 aliphatic heterocycles. The Hall–Kier alpha value is -2.11. The first kappa shape index (κ1) is 16.7. The van der Waals surface area contributed by atoms with Crippen LogP contribution in [0.1, 0.15) is 12.1 Å². The van der Waals surface area contributed by atoms with Gasteiger partial charge >= 0.3 is 0 Å². The topological polar surface area (TPSA) is 46.7 Å². The van der Waals surface area contributed by atoms with Crippen molar-refractivity contribution in [2.45, 2.75) is 13.3 Å². The van der Waals surface area contributed by atoms with Gasteiger partial charge in [0.15, 0.2) is 5.65 Å². The number of aryl methyl sites for hydroxylation is 1. The second kappa shape index (κ2) is 7.20. The van der Waals surface area contributed by atoms with E-state index in [-0.39, 0.29) is 0 Å². The molecule has 2 aromatic heterocycles. The highest BCUT2D eigenvalue weighted by atomic mass is 35.5. The molecule has 0 radical (unpaired) electrons. The molecule has 0 amide bonds. The van der Waals surface area contributed by atoms with Crippen LogP contribution in [0.5, 0.6) is 0 Å². The van der Waals surface area contributed by atoms with E-state index in [4.69, 9.17) is 11.6 Å². The van der Waals surface area contributed by atoms with Crippen molar-refractivity contribution in [2.75, 3.05) is 32.5 Å². The average molecular weight is 345 g/mol. The Kier molecular flexibility index (Phi) is 5.02. The van der Waals surface area contributed by atoms with Crippen LogP contribution in [0.3, 0.4) is 0 Å². The second-order valence-corrected chi connectivity index (χ2v) is 6.76. The maximum atomic E-state index is 5.99. The molecule has 0 saturated heterocycles. The summed E-state index contributed by atoms with van der Waals surface area (Å²) in [7, 11) is 4.33. The summed E-state index contributed by atoms with van der Waals surface area (Å²) in [5.41, 5.74) is 3.91. The third kappa shape index (κ3) is 3.68. The minimum atomic E-state index is 0.727. The number of nitrogens with one attached hydrogen (secondary N) is 2. The fourth-order valence-corrected chi connectivity index (χ4v) is 2.83. The Morgan fingerprint density at radius 2 is 1.96 bits per heavy atom. The van der Waals surface area contributed by atoms with E-state index < -0.39 is 0 Å². The highest BCUT2D eigenvalue weighted by Gasteiger charge is 2.12. The lowest BCUT2D eigenvalue weighted by Crippen LogP contribution is -3.05. The van der Waals surface area contributed by atoms with Crippen LogP contribution in [0, 0.1) is 6.92 Å². The van der Waals surface area contributed by atoms with Crippen molar-refractivity contribution < 1.29 is 4.90 Å². The van der Waals surface area contributed by atoms with Gasteiger partial charge in [-0.2, -0.15) is 9.61 Å². The normalized spacial score (nSPS) is 11.4. The van der Waals surface area contributed by atoms with Crippen molar-refractivity contribution in [1.29, 1.82) is 0 Å². The van der Waals surface area contributed by atoms with Gasteiger partial charge in [-0.25, -0.2) is 4.98 Å². The van der Waals surface area contributed by atoms with Crippen LogP contribution in [-0.2, 0) is 0 Å². The minimum absolute atomic E-state index is 0.727. The van der Waals surface area contributed by atoms with Gasteiger partial charge in [0, 0.05) is 35.3 Å². The number of quaternary nitrogens is 1. The molecule has 0 atom stereocenters. The molecule has 24 heavy (non-hydrogen) atoms. The maximum Gasteiger partial charge on any atom is 0.165 e. The Balaban J connectivity index is 1.90. The summed E-state index contributed by atoms with van der Waals surface area (Å²) in [5, 5.41) is 8.74. The van der Waals surface area contributed by atoms with Crippen molar-refractivity contribution in [1.82, 2.24) is 14.6 Å². The van der Waals surface area contributed by atoms with Crippen molar-refractivity contribution in [3.63, 3.8) is 0 Å². The molecule has 126 valence electrons. The van der Waals surface area contributed by atoms with Crippen LogP contribution < -0.4 is 10.2 Å². The third-order valence-corrected chi connectivity index (χ3v) is 4.17. The molecule has 0 unspecified atom stereocenters. The van der Waals surface area contributed by atoms with E-state index in [2.05, 4.69) is 29.5 Å². The van der Waals surface area contributed by atoms with Gasteiger partial charge in [-0.05, 0) is 24.6 Å². The molecule has 0 aliphatic carbocycles. The van der Waals surface area contributed by atoms with Crippen LogP contribution in [-0.4, -0.2) is 41.8 Å². The van der Waals surface area contributed by atoms with Crippen LogP contribution in [0.15, 0.2) is 36.5 Å². The second-order valence-electron chi connectivity index (χ2n) is 6.32. The molecule has 0 bridgehead atoms. The van der Waals surface area contributed by atoms with Crippen molar-refractivity contribution >= 4 is 23.1 Å². The van der Waals surface area contributed by atoms with Crippen molar-refractivity contribution in [3.05, 3.63) is 47.2 Å². The smallest absolute Gasteiger partial charge is 0.165 e. The summed E-state index contributed by atoms with van der Waals surface area (Å²) in [4.78, 5) is 6.13. The summed E-state index contributed by atoms with van der Waals surface area (Å²) in [6.07, 6.45) is 2.97. The van der Waals surface area contributed by atoms with Gasteiger partial charge in [0.2, 0.25) is 0 Å². The Morgan fingerprint density at radius 1 is 1.21 bits per heavy atom. The molecular formula is C18H23ClN5+. The quantitative estimate of drug-likeness (QED) is 0.675. The van der Waals surface area contributed by atoms with Gasteiger partial charge in [0.05, 0.1) is 26.8 Å². The van der Waals surface area contributed by atoms with Gasteiger partial charge in [0.1, 0.15) is 5.82 Å². The highest BCUT2D eigenvalue weighted by Crippen LogP contribution is 2.26. The first-order chi connectivity index (χ1) is 11.5. The predicted molar refractivity (Wildman–Crippen MR) is 99.0 cm³/mol. The van der Waals surface area contributed by atoms with E-state index in [1.165, 1.54) is 4.90 Å². The minimum Gasteiger partial charge on any atom is -0.370 e. The number of anilines is 1. The van der Waals surface area contributed by atoms with Crippen LogP contribution >= 0.6 is 11.6 Å². The molecule has 3 rings (SSSR count). The number of hydrogen-bond acceptors (Lipinski definition) is 3. The van der Waals surface area contributed by atoms with E-state index in [9.17, 15) is 0 Å². The van der Waals surface area contributed by atoms with Crippen LogP contribution in [0.25, 0.3) is 16.8 Å². The lowest BCUT2D eigenvalue weighted by atomic mass is 10.1. The molecule has 6 heteroatoms.